The fourth-order valence-electron chi connectivity index (χ4n) is 1.96. The molecule has 18 heavy (non-hydrogen) atoms. The summed E-state index contributed by atoms with van der Waals surface area (Å²) in [7, 11) is 0. The Morgan fingerprint density at radius 2 is 2.00 bits per heavy atom. The molecule has 6 heteroatoms. The summed E-state index contributed by atoms with van der Waals surface area (Å²) in [5.41, 5.74) is -0.0246. The van der Waals surface area contributed by atoms with Crippen LogP contribution in [0.3, 0.4) is 0 Å². The van der Waals surface area contributed by atoms with E-state index in [1.165, 1.54) is 6.07 Å². The summed E-state index contributed by atoms with van der Waals surface area (Å²) >= 11 is 3.13. The number of benzene rings is 1. The molecule has 1 aliphatic carbocycles. The Morgan fingerprint density at radius 1 is 1.33 bits per heavy atom. The standard InChI is InChI=1S/C12H13BrF3NO/c13-10-5-8(12(14,15)16)1-2-11(10)17-6-7-3-9(18)4-7/h1-2,5,7,9,17-18H,3-4,6H2. The fraction of sp³-hybridized carbons (Fsp3) is 0.500. The van der Waals surface area contributed by atoms with Crippen molar-refractivity contribution in [3.63, 3.8) is 0 Å². The predicted octanol–water partition coefficient (Wildman–Crippen LogP) is 3.65. The normalized spacial score (nSPS) is 23.6. The van der Waals surface area contributed by atoms with Crippen molar-refractivity contribution in [2.24, 2.45) is 5.92 Å². The highest BCUT2D eigenvalue weighted by molar-refractivity contribution is 9.10. The minimum absolute atomic E-state index is 0.215. The molecule has 0 bridgehead atoms. The van der Waals surface area contributed by atoms with Crippen LogP contribution in [0, 0.1) is 5.92 Å². The minimum atomic E-state index is -4.32. The maximum absolute atomic E-state index is 12.5. The molecule has 0 heterocycles. The third-order valence-electron chi connectivity index (χ3n) is 3.09. The van der Waals surface area contributed by atoms with Crippen LogP contribution in [0.4, 0.5) is 18.9 Å². The molecule has 0 aliphatic heterocycles. The van der Waals surface area contributed by atoms with Gasteiger partial charge in [0.2, 0.25) is 0 Å². The lowest BCUT2D eigenvalue weighted by atomic mass is 9.82. The number of anilines is 1. The quantitative estimate of drug-likeness (QED) is 0.889. The van der Waals surface area contributed by atoms with Crippen molar-refractivity contribution in [3.05, 3.63) is 28.2 Å². The Labute approximate surface area is 111 Å². The van der Waals surface area contributed by atoms with Crippen LogP contribution >= 0.6 is 15.9 Å². The van der Waals surface area contributed by atoms with Crippen molar-refractivity contribution < 1.29 is 18.3 Å². The van der Waals surface area contributed by atoms with Gasteiger partial charge in [-0.15, -0.1) is 0 Å². The first-order chi connectivity index (χ1) is 8.36. The summed E-state index contributed by atoms with van der Waals surface area (Å²) in [6, 6.07) is 3.54. The van der Waals surface area contributed by atoms with Crippen LogP contribution in [0.2, 0.25) is 0 Å². The molecule has 0 saturated heterocycles. The van der Waals surface area contributed by atoms with E-state index in [2.05, 4.69) is 21.2 Å². The molecule has 1 fully saturated rings. The van der Waals surface area contributed by atoms with Crippen molar-refractivity contribution in [3.8, 4) is 0 Å². The Bertz CT molecular complexity index is 430. The molecule has 0 atom stereocenters. The molecular weight excluding hydrogens is 311 g/mol. The van der Waals surface area contributed by atoms with Gasteiger partial charge in [-0.05, 0) is 52.9 Å². The monoisotopic (exact) mass is 323 g/mol. The highest BCUT2D eigenvalue weighted by atomic mass is 79.9. The molecule has 0 radical (unpaired) electrons. The van der Waals surface area contributed by atoms with Crippen molar-refractivity contribution in [2.45, 2.75) is 25.1 Å². The number of halogens is 4. The van der Waals surface area contributed by atoms with Gasteiger partial charge >= 0.3 is 6.18 Å². The average Bonchev–Trinajstić information content (AvgIpc) is 2.22. The molecule has 100 valence electrons. The van der Waals surface area contributed by atoms with Crippen LogP contribution in [0.25, 0.3) is 0 Å². The third-order valence-corrected chi connectivity index (χ3v) is 3.74. The van der Waals surface area contributed by atoms with Gasteiger partial charge in [0, 0.05) is 16.7 Å². The van der Waals surface area contributed by atoms with E-state index in [0.717, 1.165) is 25.0 Å². The summed E-state index contributed by atoms with van der Waals surface area (Å²) < 4.78 is 37.8. The lowest BCUT2D eigenvalue weighted by Gasteiger charge is -2.31. The zero-order valence-electron chi connectivity index (χ0n) is 9.47. The molecule has 1 aliphatic rings. The van der Waals surface area contributed by atoms with Gasteiger partial charge in [0.25, 0.3) is 0 Å². The second-order valence-electron chi connectivity index (χ2n) is 4.56. The Morgan fingerprint density at radius 3 is 2.50 bits per heavy atom. The SMILES string of the molecule is OC1CC(CNc2ccc(C(F)(F)F)cc2Br)C1. The molecule has 1 aromatic rings. The van der Waals surface area contributed by atoms with E-state index in [1.807, 2.05) is 0 Å². The molecule has 1 saturated carbocycles. The van der Waals surface area contributed by atoms with Gasteiger partial charge in [-0.3, -0.25) is 0 Å². The maximum atomic E-state index is 12.5. The fourth-order valence-corrected chi connectivity index (χ4v) is 2.48. The Kier molecular flexibility index (Phi) is 3.87. The summed E-state index contributed by atoms with van der Waals surface area (Å²) in [4.78, 5) is 0. The van der Waals surface area contributed by atoms with Crippen molar-refractivity contribution in [1.82, 2.24) is 0 Å². The van der Waals surface area contributed by atoms with Crippen LogP contribution in [0.5, 0.6) is 0 Å². The van der Waals surface area contributed by atoms with Gasteiger partial charge in [0.05, 0.1) is 11.7 Å². The van der Waals surface area contributed by atoms with Gasteiger partial charge in [-0.2, -0.15) is 13.2 Å². The maximum Gasteiger partial charge on any atom is 0.416 e. The summed E-state index contributed by atoms with van der Waals surface area (Å²) in [6.45, 7) is 0.668. The first-order valence-electron chi connectivity index (χ1n) is 5.65. The second-order valence-corrected chi connectivity index (χ2v) is 5.42. The zero-order valence-corrected chi connectivity index (χ0v) is 11.1. The van der Waals surface area contributed by atoms with Crippen LogP contribution in [0.1, 0.15) is 18.4 Å². The molecule has 2 rings (SSSR count). The van der Waals surface area contributed by atoms with E-state index >= 15 is 0 Å². The van der Waals surface area contributed by atoms with Gasteiger partial charge in [0.15, 0.2) is 0 Å². The van der Waals surface area contributed by atoms with Gasteiger partial charge in [-0.25, -0.2) is 0 Å². The molecule has 2 nitrogen and oxygen atoms in total. The van der Waals surface area contributed by atoms with Crippen LogP contribution in [0.15, 0.2) is 22.7 Å². The van der Waals surface area contributed by atoms with Gasteiger partial charge < -0.3 is 10.4 Å². The van der Waals surface area contributed by atoms with E-state index in [9.17, 15) is 13.2 Å². The first-order valence-corrected chi connectivity index (χ1v) is 6.44. The minimum Gasteiger partial charge on any atom is -0.393 e. The van der Waals surface area contributed by atoms with Crippen molar-refractivity contribution >= 4 is 21.6 Å². The molecule has 0 aromatic heterocycles. The lowest BCUT2D eigenvalue weighted by molar-refractivity contribution is -0.137. The zero-order chi connectivity index (χ0) is 13.3. The Balaban J connectivity index is 1.97. The smallest absolute Gasteiger partial charge is 0.393 e. The van der Waals surface area contributed by atoms with Crippen molar-refractivity contribution in [1.29, 1.82) is 0 Å². The molecular formula is C12H13BrF3NO. The number of alkyl halides is 3. The number of hydrogen-bond acceptors (Lipinski definition) is 2. The second kappa shape index (κ2) is 5.09. The third kappa shape index (κ3) is 3.17. The molecule has 2 N–H and O–H groups in total. The van der Waals surface area contributed by atoms with Crippen LogP contribution in [-0.2, 0) is 6.18 Å². The predicted molar refractivity (Wildman–Crippen MR) is 66.4 cm³/mol. The van der Waals surface area contributed by atoms with E-state index in [4.69, 9.17) is 5.11 Å². The lowest BCUT2D eigenvalue weighted by Crippen LogP contribution is -2.33. The van der Waals surface area contributed by atoms with E-state index in [1.54, 1.807) is 0 Å². The Hall–Kier alpha value is -0.750. The van der Waals surface area contributed by atoms with Gasteiger partial charge in [0.1, 0.15) is 0 Å². The number of aliphatic hydroxyl groups excluding tert-OH is 1. The summed E-state index contributed by atoms with van der Waals surface area (Å²) in [6.07, 6.45) is -3.02. The number of aliphatic hydroxyl groups is 1. The number of hydrogen-bond donors (Lipinski definition) is 2. The number of nitrogens with one attached hydrogen (secondary N) is 1. The topological polar surface area (TPSA) is 32.3 Å². The number of rotatable bonds is 3. The van der Waals surface area contributed by atoms with Crippen molar-refractivity contribution in [2.75, 3.05) is 11.9 Å². The first kappa shape index (κ1) is 13.7. The van der Waals surface area contributed by atoms with E-state index < -0.39 is 11.7 Å². The van der Waals surface area contributed by atoms with Crippen LogP contribution < -0.4 is 5.32 Å². The molecule has 0 spiro atoms. The summed E-state index contributed by atoms with van der Waals surface area (Å²) in [5.74, 6) is 0.397. The van der Waals surface area contributed by atoms with E-state index in [-0.39, 0.29) is 6.10 Å². The van der Waals surface area contributed by atoms with E-state index in [0.29, 0.717) is 22.6 Å². The molecule has 1 aromatic carbocycles. The molecule has 0 amide bonds. The highest BCUT2D eigenvalue weighted by Gasteiger charge is 2.31. The van der Waals surface area contributed by atoms with Crippen LogP contribution in [-0.4, -0.2) is 17.8 Å². The summed E-state index contributed by atoms with van der Waals surface area (Å²) in [5, 5.41) is 12.2. The average molecular weight is 324 g/mol. The van der Waals surface area contributed by atoms with Gasteiger partial charge in [-0.1, -0.05) is 0 Å². The highest BCUT2D eigenvalue weighted by Crippen LogP contribution is 2.34. The largest absolute Gasteiger partial charge is 0.416 e. The molecule has 0 unspecified atom stereocenters.